The number of para-hydroxylation sites is 1. The van der Waals surface area contributed by atoms with Gasteiger partial charge in [-0.15, -0.1) is 0 Å². The topological polar surface area (TPSA) is 62.0 Å². The Bertz CT molecular complexity index is 639. The first kappa shape index (κ1) is 10.7. The molecule has 4 nitrogen and oxygen atoms in total. The summed E-state index contributed by atoms with van der Waals surface area (Å²) in [5, 5.41) is 9.75. The van der Waals surface area contributed by atoms with E-state index >= 15 is 0 Å². The van der Waals surface area contributed by atoms with Crippen LogP contribution in [0.25, 0.3) is 0 Å². The molecule has 88 valence electrons. The van der Waals surface area contributed by atoms with Gasteiger partial charge in [0.25, 0.3) is 5.91 Å². The number of aliphatic imine (C=N–C) groups is 2. The number of nitrogens with zero attached hydrogens (tertiary/aromatic N) is 2. The quantitative estimate of drug-likeness (QED) is 0.811. The van der Waals surface area contributed by atoms with E-state index in [-0.39, 0.29) is 23.4 Å². The average Bonchev–Trinajstić information content (AvgIpc) is 2.39. The molecule has 1 unspecified atom stereocenters. The van der Waals surface area contributed by atoms with Crippen molar-refractivity contribution in [2.24, 2.45) is 15.9 Å². The molecule has 1 aliphatic carbocycles. The molecule has 1 aromatic carbocycles. The minimum atomic E-state index is -0.385. The number of hydrogen-bond acceptors (Lipinski definition) is 3. The highest BCUT2D eigenvalue weighted by atomic mass is 16.3. The molecule has 4 heteroatoms. The number of rotatable bonds is 1. The largest absolute Gasteiger partial charge is 0.507 e. The number of benzene rings is 1. The van der Waals surface area contributed by atoms with Gasteiger partial charge in [-0.2, -0.15) is 4.99 Å². The zero-order valence-electron chi connectivity index (χ0n) is 9.45. The van der Waals surface area contributed by atoms with Crippen LogP contribution in [-0.4, -0.2) is 22.6 Å². The molecular weight excluding hydrogens is 228 g/mol. The second-order valence-electron chi connectivity index (χ2n) is 4.05. The summed E-state index contributed by atoms with van der Waals surface area (Å²) in [6.07, 6.45) is 7.20. The predicted molar refractivity (Wildman–Crippen MR) is 68.9 cm³/mol. The maximum Gasteiger partial charge on any atom is 0.260 e. The summed E-state index contributed by atoms with van der Waals surface area (Å²) in [4.78, 5) is 20.2. The fourth-order valence-electron chi connectivity index (χ4n) is 1.95. The fraction of sp³-hybridized carbons (Fsp3) is 0.0714. The standard InChI is InChI=1S/C14H10N2O2/c17-12-8-4-2-6-10(12)13-15-11-7-3-1-5-9(11)14(18)16-13/h1-9,17H. The van der Waals surface area contributed by atoms with Crippen molar-refractivity contribution in [1.82, 2.24) is 0 Å². The molecule has 1 heterocycles. The molecule has 0 saturated carbocycles. The summed E-state index contributed by atoms with van der Waals surface area (Å²) in [5.41, 5.74) is 1.13. The molecule has 1 atom stereocenters. The normalized spacial score (nSPS) is 21.3. The lowest BCUT2D eigenvalue weighted by Gasteiger charge is -2.17. The van der Waals surface area contributed by atoms with Gasteiger partial charge in [0, 0.05) is 0 Å². The van der Waals surface area contributed by atoms with Gasteiger partial charge < -0.3 is 5.11 Å². The Morgan fingerprint density at radius 2 is 1.94 bits per heavy atom. The van der Waals surface area contributed by atoms with Gasteiger partial charge in [0.05, 0.1) is 11.3 Å². The molecule has 1 aromatic rings. The van der Waals surface area contributed by atoms with E-state index in [9.17, 15) is 9.90 Å². The lowest BCUT2D eigenvalue weighted by molar-refractivity contribution is -0.118. The zero-order valence-corrected chi connectivity index (χ0v) is 9.45. The Balaban J connectivity index is 2.08. The number of fused-ring (bicyclic) bond motifs is 1. The van der Waals surface area contributed by atoms with Crippen LogP contribution in [0.15, 0.2) is 58.6 Å². The molecule has 1 amide bonds. The minimum Gasteiger partial charge on any atom is -0.507 e. The van der Waals surface area contributed by atoms with Crippen molar-refractivity contribution in [3.63, 3.8) is 0 Å². The van der Waals surface area contributed by atoms with Gasteiger partial charge in [-0.1, -0.05) is 30.4 Å². The third-order valence-corrected chi connectivity index (χ3v) is 2.86. The predicted octanol–water partition coefficient (Wildman–Crippen LogP) is 1.86. The SMILES string of the molecule is O=C1N=C(c2ccccc2O)N=C2C=CC=CC12. The van der Waals surface area contributed by atoms with Gasteiger partial charge in [-0.05, 0) is 18.2 Å². The average molecular weight is 238 g/mol. The number of phenolic OH excluding ortho intramolecular Hbond substituents is 1. The van der Waals surface area contributed by atoms with Crippen LogP contribution in [0.4, 0.5) is 0 Å². The lowest BCUT2D eigenvalue weighted by atomic mass is 9.96. The highest BCUT2D eigenvalue weighted by Gasteiger charge is 2.27. The smallest absolute Gasteiger partial charge is 0.260 e. The summed E-state index contributed by atoms with van der Waals surface area (Å²) < 4.78 is 0. The van der Waals surface area contributed by atoms with Crippen LogP contribution >= 0.6 is 0 Å². The Labute approximate surface area is 104 Å². The molecular formula is C14H10N2O2. The number of amidine groups is 1. The Morgan fingerprint density at radius 3 is 2.78 bits per heavy atom. The third-order valence-electron chi connectivity index (χ3n) is 2.86. The second-order valence-corrected chi connectivity index (χ2v) is 4.05. The number of hydrogen-bond donors (Lipinski definition) is 1. The summed E-state index contributed by atoms with van der Waals surface area (Å²) in [6.45, 7) is 0. The van der Waals surface area contributed by atoms with Crippen molar-refractivity contribution >= 4 is 17.5 Å². The van der Waals surface area contributed by atoms with Crippen molar-refractivity contribution in [3.8, 4) is 5.75 Å². The molecule has 18 heavy (non-hydrogen) atoms. The Kier molecular flexibility index (Phi) is 2.41. The molecule has 2 aliphatic rings. The van der Waals surface area contributed by atoms with Crippen LogP contribution in [0, 0.1) is 5.92 Å². The van der Waals surface area contributed by atoms with Crippen LogP contribution in [0.3, 0.4) is 0 Å². The maximum absolute atomic E-state index is 11.9. The van der Waals surface area contributed by atoms with Gasteiger partial charge in [-0.3, -0.25) is 4.79 Å². The second kappa shape index (κ2) is 4.07. The van der Waals surface area contributed by atoms with Gasteiger partial charge in [0.2, 0.25) is 0 Å². The van der Waals surface area contributed by atoms with Gasteiger partial charge in [0.15, 0.2) is 5.84 Å². The van der Waals surface area contributed by atoms with Gasteiger partial charge >= 0.3 is 0 Å². The van der Waals surface area contributed by atoms with Crippen LogP contribution in [0.2, 0.25) is 0 Å². The summed E-state index contributed by atoms with van der Waals surface area (Å²) in [5.74, 6) is -0.296. The van der Waals surface area contributed by atoms with Crippen molar-refractivity contribution in [3.05, 3.63) is 54.1 Å². The first-order chi connectivity index (χ1) is 8.75. The van der Waals surface area contributed by atoms with Crippen LogP contribution in [0.1, 0.15) is 5.56 Å². The number of aromatic hydroxyl groups is 1. The molecule has 1 aliphatic heterocycles. The summed E-state index contributed by atoms with van der Waals surface area (Å²) in [6, 6.07) is 6.72. The highest BCUT2D eigenvalue weighted by molar-refractivity contribution is 6.24. The van der Waals surface area contributed by atoms with Crippen molar-refractivity contribution < 1.29 is 9.90 Å². The van der Waals surface area contributed by atoms with Crippen LogP contribution in [0.5, 0.6) is 5.75 Å². The molecule has 0 aromatic heterocycles. The van der Waals surface area contributed by atoms with E-state index in [1.165, 1.54) is 0 Å². The minimum absolute atomic E-state index is 0.0715. The summed E-state index contributed by atoms with van der Waals surface area (Å²) >= 11 is 0. The molecule has 3 rings (SSSR count). The molecule has 0 bridgehead atoms. The first-order valence-electron chi connectivity index (χ1n) is 5.60. The molecule has 0 saturated heterocycles. The number of carbonyl (C=O) groups is 1. The summed E-state index contributed by atoms with van der Waals surface area (Å²) in [7, 11) is 0. The molecule has 0 spiro atoms. The van der Waals surface area contributed by atoms with Crippen molar-refractivity contribution in [2.45, 2.75) is 0 Å². The van der Waals surface area contributed by atoms with E-state index in [0.717, 1.165) is 0 Å². The Morgan fingerprint density at radius 1 is 1.11 bits per heavy atom. The zero-order chi connectivity index (χ0) is 12.5. The lowest BCUT2D eigenvalue weighted by Crippen LogP contribution is -2.27. The van der Waals surface area contributed by atoms with Crippen LogP contribution in [-0.2, 0) is 4.79 Å². The number of carbonyl (C=O) groups excluding carboxylic acids is 1. The van der Waals surface area contributed by atoms with E-state index in [1.54, 1.807) is 36.4 Å². The van der Waals surface area contributed by atoms with Crippen LogP contribution < -0.4 is 0 Å². The van der Waals surface area contributed by atoms with Gasteiger partial charge in [0.1, 0.15) is 11.7 Å². The number of allylic oxidation sites excluding steroid dienone is 3. The number of phenols is 1. The number of amides is 1. The monoisotopic (exact) mass is 238 g/mol. The fourth-order valence-corrected chi connectivity index (χ4v) is 1.95. The molecule has 1 N–H and O–H groups in total. The maximum atomic E-state index is 11.9. The van der Waals surface area contributed by atoms with Crippen molar-refractivity contribution in [2.75, 3.05) is 0 Å². The highest BCUT2D eigenvalue weighted by Crippen LogP contribution is 2.23. The van der Waals surface area contributed by atoms with Gasteiger partial charge in [-0.25, -0.2) is 4.99 Å². The van der Waals surface area contributed by atoms with E-state index < -0.39 is 0 Å². The van der Waals surface area contributed by atoms with E-state index in [4.69, 9.17) is 0 Å². The Hall–Kier alpha value is -2.49. The molecule has 0 fully saturated rings. The van der Waals surface area contributed by atoms with Crippen molar-refractivity contribution in [1.29, 1.82) is 0 Å². The third kappa shape index (κ3) is 1.68. The van der Waals surface area contributed by atoms with E-state index in [2.05, 4.69) is 9.98 Å². The first-order valence-corrected chi connectivity index (χ1v) is 5.60. The van der Waals surface area contributed by atoms with E-state index in [1.807, 2.05) is 12.2 Å². The van der Waals surface area contributed by atoms with E-state index in [0.29, 0.717) is 11.3 Å². The molecule has 0 radical (unpaired) electrons.